The van der Waals surface area contributed by atoms with Crippen molar-refractivity contribution in [3.8, 4) is 0 Å². The summed E-state index contributed by atoms with van der Waals surface area (Å²) in [5.74, 6) is -1.51. The Hall–Kier alpha value is -2.67. The Labute approximate surface area is 196 Å². The molecule has 1 aromatic rings. The fourth-order valence-corrected chi connectivity index (χ4v) is 4.62. The Balaban J connectivity index is 1.77. The first-order chi connectivity index (χ1) is 15.9. The van der Waals surface area contributed by atoms with Gasteiger partial charge in [0.1, 0.15) is 6.61 Å². The van der Waals surface area contributed by atoms with Crippen LogP contribution in [0.2, 0.25) is 0 Å². The monoisotopic (exact) mass is 456 g/mol. The summed E-state index contributed by atoms with van der Waals surface area (Å²) in [6, 6.07) is 9.53. The molecule has 2 aliphatic rings. The Morgan fingerprint density at radius 3 is 2.48 bits per heavy atom. The summed E-state index contributed by atoms with van der Waals surface area (Å²) in [4.78, 5) is 38.5. The van der Waals surface area contributed by atoms with Gasteiger partial charge < -0.3 is 20.5 Å². The number of carbonyl (C=O) groups excluding carboxylic acids is 3. The minimum atomic E-state index is -0.569. The van der Waals surface area contributed by atoms with E-state index in [-0.39, 0.29) is 49.4 Å². The minimum Gasteiger partial charge on any atom is -0.463 e. The molecule has 1 spiro atoms. The first-order valence-electron chi connectivity index (χ1n) is 12.0. The van der Waals surface area contributed by atoms with Crippen molar-refractivity contribution in [2.45, 2.75) is 69.9 Å². The second-order valence-electron chi connectivity index (χ2n) is 9.47. The highest BCUT2D eigenvalue weighted by Crippen LogP contribution is 2.31. The molecule has 3 atom stereocenters. The topological polar surface area (TPSA) is 105 Å². The molecule has 0 aromatic heterocycles. The maximum atomic E-state index is 13.2. The van der Waals surface area contributed by atoms with Gasteiger partial charge in [-0.15, -0.1) is 0 Å². The molecule has 33 heavy (non-hydrogen) atoms. The molecular weight excluding hydrogens is 420 g/mol. The summed E-state index contributed by atoms with van der Waals surface area (Å²) < 4.78 is 5.77. The van der Waals surface area contributed by atoms with Gasteiger partial charge in [0.15, 0.2) is 0 Å². The van der Waals surface area contributed by atoms with Crippen molar-refractivity contribution in [1.29, 1.82) is 0 Å². The van der Waals surface area contributed by atoms with Gasteiger partial charge >= 0.3 is 5.97 Å². The molecule has 1 saturated carbocycles. The Kier molecular flexibility index (Phi) is 9.06. The molecule has 180 valence electrons. The molecule has 7 heteroatoms. The lowest BCUT2D eigenvalue weighted by Gasteiger charge is -2.32. The first-order valence-corrected chi connectivity index (χ1v) is 12.0. The SMILES string of the molecule is C[C@@H](CO)NC(=O)C[C@H]1CC=CC[C@@H](Cc2ccccc2)C(=O)OCC2(CCCC2)NC1=O. The predicted molar refractivity (Wildman–Crippen MR) is 125 cm³/mol. The zero-order chi connectivity index (χ0) is 23.7. The third-order valence-corrected chi connectivity index (χ3v) is 6.59. The molecule has 0 bridgehead atoms. The molecule has 1 aromatic carbocycles. The van der Waals surface area contributed by atoms with Crippen LogP contribution in [0, 0.1) is 11.8 Å². The van der Waals surface area contributed by atoms with E-state index in [1.54, 1.807) is 6.92 Å². The summed E-state index contributed by atoms with van der Waals surface area (Å²) >= 11 is 0. The van der Waals surface area contributed by atoms with Crippen molar-refractivity contribution < 1.29 is 24.2 Å². The zero-order valence-electron chi connectivity index (χ0n) is 19.4. The summed E-state index contributed by atoms with van der Waals surface area (Å²) in [6.07, 6.45) is 8.81. The third kappa shape index (κ3) is 7.42. The van der Waals surface area contributed by atoms with E-state index in [1.807, 2.05) is 42.5 Å². The number of hydrogen-bond donors (Lipinski definition) is 3. The largest absolute Gasteiger partial charge is 0.463 e. The van der Waals surface area contributed by atoms with Crippen LogP contribution in [0.15, 0.2) is 42.5 Å². The van der Waals surface area contributed by atoms with Gasteiger partial charge in [-0.1, -0.05) is 55.3 Å². The van der Waals surface area contributed by atoms with Crippen LogP contribution in [0.3, 0.4) is 0 Å². The van der Waals surface area contributed by atoms with Gasteiger partial charge in [0, 0.05) is 12.5 Å². The van der Waals surface area contributed by atoms with Gasteiger partial charge in [0.2, 0.25) is 11.8 Å². The Morgan fingerprint density at radius 1 is 1.15 bits per heavy atom. The van der Waals surface area contributed by atoms with E-state index in [4.69, 9.17) is 4.74 Å². The molecule has 1 aliphatic heterocycles. The second-order valence-corrected chi connectivity index (χ2v) is 9.47. The molecule has 3 rings (SSSR count). The van der Waals surface area contributed by atoms with E-state index in [0.717, 1.165) is 31.2 Å². The van der Waals surface area contributed by atoms with Crippen LogP contribution in [-0.4, -0.2) is 47.7 Å². The average molecular weight is 457 g/mol. The number of allylic oxidation sites excluding steroid dienone is 2. The standard InChI is InChI=1S/C26H36N2O5/c1-19(17-29)27-23(30)16-21-11-5-6-12-22(15-20-9-3-2-4-10-20)25(32)33-18-26(28-24(21)31)13-7-8-14-26/h2-6,9-10,19,21-22,29H,7-8,11-18H2,1H3,(H,27,30)(H,28,31)/t19-,21+,22-/m0/s1. The van der Waals surface area contributed by atoms with Crippen molar-refractivity contribution in [3.05, 3.63) is 48.0 Å². The summed E-state index contributed by atoms with van der Waals surface area (Å²) in [5, 5.41) is 15.1. The molecule has 1 aliphatic carbocycles. The van der Waals surface area contributed by atoms with Gasteiger partial charge in [-0.3, -0.25) is 14.4 Å². The number of amides is 2. The number of benzene rings is 1. The number of nitrogens with one attached hydrogen (secondary N) is 2. The number of rotatable bonds is 6. The average Bonchev–Trinajstić information content (AvgIpc) is 3.27. The van der Waals surface area contributed by atoms with Gasteiger partial charge in [-0.2, -0.15) is 0 Å². The van der Waals surface area contributed by atoms with Gasteiger partial charge in [-0.25, -0.2) is 0 Å². The predicted octanol–water partition coefficient (Wildman–Crippen LogP) is 2.67. The highest BCUT2D eigenvalue weighted by Gasteiger charge is 2.39. The van der Waals surface area contributed by atoms with Crippen LogP contribution < -0.4 is 10.6 Å². The van der Waals surface area contributed by atoms with Gasteiger partial charge in [-0.05, 0) is 44.6 Å². The normalized spacial score (nSPS) is 24.3. The van der Waals surface area contributed by atoms with Crippen LogP contribution >= 0.6 is 0 Å². The van der Waals surface area contributed by atoms with E-state index >= 15 is 0 Å². The molecule has 2 amide bonds. The first kappa shape index (κ1) is 25.0. The molecule has 3 N–H and O–H groups in total. The van der Waals surface area contributed by atoms with Crippen LogP contribution in [0.5, 0.6) is 0 Å². The van der Waals surface area contributed by atoms with Gasteiger partial charge in [0.25, 0.3) is 0 Å². The van der Waals surface area contributed by atoms with Crippen molar-refractivity contribution in [2.75, 3.05) is 13.2 Å². The highest BCUT2D eigenvalue weighted by molar-refractivity contribution is 5.86. The highest BCUT2D eigenvalue weighted by atomic mass is 16.5. The van der Waals surface area contributed by atoms with Crippen molar-refractivity contribution in [1.82, 2.24) is 10.6 Å². The molecule has 7 nitrogen and oxygen atoms in total. The maximum Gasteiger partial charge on any atom is 0.309 e. The van der Waals surface area contributed by atoms with Crippen molar-refractivity contribution in [3.63, 3.8) is 0 Å². The van der Waals surface area contributed by atoms with Crippen LogP contribution in [0.1, 0.15) is 57.4 Å². The smallest absolute Gasteiger partial charge is 0.309 e. The molecule has 0 saturated heterocycles. The minimum absolute atomic E-state index is 0.0455. The number of carbonyl (C=O) groups is 3. The molecule has 0 unspecified atom stereocenters. The summed E-state index contributed by atoms with van der Waals surface area (Å²) in [5.41, 5.74) is 0.511. The lowest BCUT2D eigenvalue weighted by atomic mass is 9.92. The van der Waals surface area contributed by atoms with Crippen LogP contribution in [-0.2, 0) is 25.5 Å². The molecular formula is C26H36N2O5. The fourth-order valence-electron chi connectivity index (χ4n) is 4.62. The Bertz CT molecular complexity index is 832. The molecule has 1 heterocycles. The molecule has 1 fully saturated rings. The number of aliphatic hydroxyl groups is 1. The van der Waals surface area contributed by atoms with Crippen molar-refractivity contribution in [2.24, 2.45) is 11.8 Å². The van der Waals surface area contributed by atoms with Crippen molar-refractivity contribution >= 4 is 17.8 Å². The van der Waals surface area contributed by atoms with E-state index in [0.29, 0.717) is 19.3 Å². The lowest BCUT2D eigenvalue weighted by Crippen LogP contribution is -2.53. The quantitative estimate of drug-likeness (QED) is 0.451. The number of cyclic esters (lactones) is 1. The number of aliphatic hydroxyl groups excluding tert-OH is 1. The summed E-state index contributed by atoms with van der Waals surface area (Å²) in [7, 11) is 0. The number of hydrogen-bond acceptors (Lipinski definition) is 5. The van der Waals surface area contributed by atoms with Crippen LogP contribution in [0.25, 0.3) is 0 Å². The van der Waals surface area contributed by atoms with Gasteiger partial charge in [0.05, 0.1) is 24.0 Å². The number of esters is 1. The third-order valence-electron chi connectivity index (χ3n) is 6.59. The van der Waals surface area contributed by atoms with E-state index in [2.05, 4.69) is 10.6 Å². The Morgan fingerprint density at radius 2 is 1.82 bits per heavy atom. The lowest BCUT2D eigenvalue weighted by molar-refractivity contribution is -0.152. The summed E-state index contributed by atoms with van der Waals surface area (Å²) in [6.45, 7) is 1.72. The van der Waals surface area contributed by atoms with E-state index in [1.165, 1.54) is 0 Å². The van der Waals surface area contributed by atoms with E-state index in [9.17, 15) is 19.5 Å². The zero-order valence-corrected chi connectivity index (χ0v) is 19.4. The van der Waals surface area contributed by atoms with Crippen LogP contribution in [0.4, 0.5) is 0 Å². The van der Waals surface area contributed by atoms with E-state index < -0.39 is 11.5 Å². The number of ether oxygens (including phenoxy) is 1. The molecule has 0 radical (unpaired) electrons. The fraction of sp³-hybridized carbons (Fsp3) is 0.577. The second kappa shape index (κ2) is 12.0. The maximum absolute atomic E-state index is 13.2.